The van der Waals surface area contributed by atoms with E-state index < -0.39 is 17.3 Å². The van der Waals surface area contributed by atoms with Gasteiger partial charge in [0.25, 0.3) is 0 Å². The summed E-state index contributed by atoms with van der Waals surface area (Å²) < 4.78 is 43.2. The van der Waals surface area contributed by atoms with E-state index in [1.807, 2.05) is 76.0 Å². The van der Waals surface area contributed by atoms with Crippen LogP contribution in [0.2, 0.25) is 0 Å². The number of anilines is 1. The van der Waals surface area contributed by atoms with Gasteiger partial charge < -0.3 is 15.5 Å². The molecular formula is C25H27F3IN3. The second kappa shape index (κ2) is 8.83. The summed E-state index contributed by atoms with van der Waals surface area (Å²) >= 11 is 1.97. The number of nitrogens with zero attached hydrogens (tertiary/aromatic N) is 2. The summed E-state index contributed by atoms with van der Waals surface area (Å²) in [6.45, 7) is 7.69. The van der Waals surface area contributed by atoms with Gasteiger partial charge in [0, 0.05) is 34.5 Å². The van der Waals surface area contributed by atoms with E-state index in [0.717, 1.165) is 30.4 Å². The Morgan fingerprint density at radius 2 is 1.72 bits per heavy atom. The predicted octanol–water partition coefficient (Wildman–Crippen LogP) is 5.83. The highest BCUT2D eigenvalue weighted by Gasteiger charge is 2.48. The molecule has 0 fully saturated rings. The second-order valence-electron chi connectivity index (χ2n) is 8.33. The van der Waals surface area contributed by atoms with Gasteiger partial charge in [0.05, 0.1) is 11.1 Å². The van der Waals surface area contributed by atoms with Gasteiger partial charge >= 0.3 is 6.18 Å². The predicted molar refractivity (Wildman–Crippen MR) is 133 cm³/mol. The molecule has 0 aliphatic carbocycles. The van der Waals surface area contributed by atoms with Crippen LogP contribution < -0.4 is 10.6 Å². The third-order valence-electron chi connectivity index (χ3n) is 6.46. The van der Waals surface area contributed by atoms with Gasteiger partial charge in [-0.25, -0.2) is 0 Å². The molecule has 0 amide bonds. The van der Waals surface area contributed by atoms with E-state index in [9.17, 15) is 13.2 Å². The van der Waals surface area contributed by atoms with Crippen molar-refractivity contribution in [2.75, 3.05) is 37.6 Å². The molecule has 3 aromatic rings. The normalized spacial score (nSPS) is 18.6. The van der Waals surface area contributed by atoms with E-state index in [1.54, 1.807) is 0 Å². The molecule has 1 atom stereocenters. The molecule has 1 aliphatic rings. The van der Waals surface area contributed by atoms with Crippen LogP contribution >= 0.6 is 22.6 Å². The SMILES string of the molecule is CCN(CC)CCN1CC(N)(c2ccc3ccccc3c2)c2c1cc(I)cc2C(F)(F)F. The zero-order chi connectivity index (χ0) is 23.1. The lowest BCUT2D eigenvalue weighted by Gasteiger charge is -2.29. The van der Waals surface area contributed by atoms with Crippen molar-refractivity contribution < 1.29 is 13.2 Å². The minimum Gasteiger partial charge on any atom is -0.367 e. The molecule has 0 bridgehead atoms. The van der Waals surface area contributed by atoms with Crippen molar-refractivity contribution in [3.05, 3.63) is 74.9 Å². The summed E-state index contributed by atoms with van der Waals surface area (Å²) in [5.74, 6) is 0. The van der Waals surface area contributed by atoms with Crippen LogP contribution in [0.25, 0.3) is 10.8 Å². The maximum atomic E-state index is 14.2. The average molecular weight is 553 g/mol. The summed E-state index contributed by atoms with van der Waals surface area (Å²) in [6.07, 6.45) is -4.48. The van der Waals surface area contributed by atoms with Crippen molar-refractivity contribution >= 4 is 39.1 Å². The van der Waals surface area contributed by atoms with Gasteiger partial charge in [-0.1, -0.05) is 50.2 Å². The number of fused-ring (bicyclic) bond motifs is 2. The molecule has 170 valence electrons. The number of hydrogen-bond donors (Lipinski definition) is 1. The number of benzene rings is 3. The molecule has 1 unspecified atom stereocenters. The standard InChI is InChI=1S/C25H27F3IN3/c1-3-31(4-2)11-12-32-16-24(30,19-10-9-17-7-5-6-8-18(17)13-19)23-21(25(26,27)28)14-20(29)15-22(23)32/h5-10,13-15H,3-4,11-12,16,30H2,1-2H3. The Hall–Kier alpha value is -1.84. The number of halogens is 4. The van der Waals surface area contributed by atoms with E-state index >= 15 is 0 Å². The Kier molecular flexibility index (Phi) is 6.44. The van der Waals surface area contributed by atoms with E-state index in [-0.39, 0.29) is 5.56 Å². The van der Waals surface area contributed by atoms with Crippen LogP contribution in [-0.4, -0.2) is 37.6 Å². The lowest BCUT2D eigenvalue weighted by molar-refractivity contribution is -0.138. The Labute approximate surface area is 200 Å². The summed E-state index contributed by atoms with van der Waals surface area (Å²) in [5.41, 5.74) is 6.52. The van der Waals surface area contributed by atoms with Gasteiger partial charge in [-0.3, -0.25) is 0 Å². The molecule has 0 saturated carbocycles. The largest absolute Gasteiger partial charge is 0.416 e. The first kappa shape index (κ1) is 23.3. The van der Waals surface area contributed by atoms with Crippen molar-refractivity contribution in [1.29, 1.82) is 0 Å². The number of hydrogen-bond acceptors (Lipinski definition) is 3. The smallest absolute Gasteiger partial charge is 0.367 e. The first-order chi connectivity index (χ1) is 15.2. The maximum Gasteiger partial charge on any atom is 0.416 e. The highest BCUT2D eigenvalue weighted by Crippen LogP contribution is 2.49. The van der Waals surface area contributed by atoms with Gasteiger partial charge in [-0.2, -0.15) is 13.2 Å². The highest BCUT2D eigenvalue weighted by atomic mass is 127. The van der Waals surface area contributed by atoms with Crippen molar-refractivity contribution in [3.63, 3.8) is 0 Å². The van der Waals surface area contributed by atoms with Crippen molar-refractivity contribution in [3.8, 4) is 0 Å². The Morgan fingerprint density at radius 1 is 1.03 bits per heavy atom. The van der Waals surface area contributed by atoms with E-state index in [0.29, 0.717) is 27.9 Å². The fraction of sp³-hybridized carbons (Fsp3) is 0.360. The Balaban J connectivity index is 1.87. The molecule has 3 nitrogen and oxygen atoms in total. The summed E-state index contributed by atoms with van der Waals surface area (Å²) in [5, 5.41) is 2.01. The van der Waals surface area contributed by atoms with Crippen molar-refractivity contribution in [2.45, 2.75) is 25.6 Å². The monoisotopic (exact) mass is 553 g/mol. The molecule has 7 heteroatoms. The Morgan fingerprint density at radius 3 is 2.38 bits per heavy atom. The number of nitrogens with two attached hydrogens (primary N) is 1. The number of rotatable bonds is 6. The van der Waals surface area contributed by atoms with E-state index in [1.165, 1.54) is 6.07 Å². The lowest BCUT2D eigenvalue weighted by atomic mass is 9.82. The van der Waals surface area contributed by atoms with Gasteiger partial charge in [0.2, 0.25) is 0 Å². The van der Waals surface area contributed by atoms with E-state index in [2.05, 4.69) is 18.7 Å². The molecular weight excluding hydrogens is 526 g/mol. The fourth-order valence-corrected chi connectivity index (χ4v) is 5.31. The molecule has 0 saturated heterocycles. The van der Waals surface area contributed by atoms with Crippen LogP contribution in [0.3, 0.4) is 0 Å². The number of alkyl halides is 3. The molecule has 3 aromatic carbocycles. The van der Waals surface area contributed by atoms with Crippen LogP contribution in [-0.2, 0) is 11.7 Å². The Bertz CT molecular complexity index is 1130. The summed E-state index contributed by atoms with van der Waals surface area (Å²) in [6, 6.07) is 16.6. The minimum atomic E-state index is -4.48. The van der Waals surface area contributed by atoms with Crippen LogP contribution in [0.15, 0.2) is 54.6 Å². The first-order valence-corrected chi connectivity index (χ1v) is 11.9. The minimum absolute atomic E-state index is 0.181. The summed E-state index contributed by atoms with van der Waals surface area (Å²) in [4.78, 5) is 4.30. The van der Waals surface area contributed by atoms with Gasteiger partial charge in [-0.05, 0) is 70.2 Å². The average Bonchev–Trinajstić information content (AvgIpc) is 3.05. The van der Waals surface area contributed by atoms with Gasteiger partial charge in [0.15, 0.2) is 0 Å². The van der Waals surface area contributed by atoms with Crippen molar-refractivity contribution in [2.24, 2.45) is 5.73 Å². The van der Waals surface area contributed by atoms with Crippen LogP contribution in [0.5, 0.6) is 0 Å². The molecule has 32 heavy (non-hydrogen) atoms. The quantitative estimate of drug-likeness (QED) is 0.391. The summed E-state index contributed by atoms with van der Waals surface area (Å²) in [7, 11) is 0. The second-order valence-corrected chi connectivity index (χ2v) is 9.57. The zero-order valence-corrected chi connectivity index (χ0v) is 20.4. The fourth-order valence-electron chi connectivity index (χ4n) is 4.70. The number of likely N-dealkylation sites (N-methyl/N-ethyl adjacent to an activating group) is 1. The van der Waals surface area contributed by atoms with Gasteiger partial charge in [-0.15, -0.1) is 0 Å². The van der Waals surface area contributed by atoms with E-state index in [4.69, 9.17) is 5.73 Å². The lowest BCUT2D eigenvalue weighted by Crippen LogP contribution is -2.45. The molecule has 2 N–H and O–H groups in total. The van der Waals surface area contributed by atoms with Gasteiger partial charge in [0.1, 0.15) is 0 Å². The van der Waals surface area contributed by atoms with Crippen molar-refractivity contribution in [1.82, 2.24) is 4.90 Å². The first-order valence-electron chi connectivity index (χ1n) is 10.8. The topological polar surface area (TPSA) is 32.5 Å². The molecule has 0 spiro atoms. The third-order valence-corrected chi connectivity index (χ3v) is 7.08. The molecule has 0 aromatic heterocycles. The van der Waals surface area contributed by atoms with Crippen LogP contribution in [0, 0.1) is 3.57 Å². The molecule has 4 rings (SSSR count). The zero-order valence-electron chi connectivity index (χ0n) is 18.2. The third kappa shape index (κ3) is 4.22. The maximum absolute atomic E-state index is 14.2. The molecule has 1 heterocycles. The van der Waals surface area contributed by atoms with Crippen LogP contribution in [0.1, 0.15) is 30.5 Å². The highest BCUT2D eigenvalue weighted by molar-refractivity contribution is 14.1. The molecule has 1 aliphatic heterocycles. The van der Waals surface area contributed by atoms with Crippen LogP contribution in [0.4, 0.5) is 18.9 Å². The molecule has 0 radical (unpaired) electrons.